The molecule has 0 aliphatic carbocycles. The van der Waals surface area contributed by atoms with Gasteiger partial charge in [-0.1, -0.05) is 41.9 Å². The molecule has 148 valence electrons. The van der Waals surface area contributed by atoms with Crippen molar-refractivity contribution in [1.82, 2.24) is 14.7 Å². The Labute approximate surface area is 173 Å². The molecule has 5 rings (SSSR count). The molecule has 2 saturated heterocycles. The van der Waals surface area contributed by atoms with Gasteiger partial charge in [0.25, 0.3) is 5.91 Å². The van der Waals surface area contributed by atoms with Gasteiger partial charge in [-0.25, -0.2) is 9.79 Å². The van der Waals surface area contributed by atoms with Crippen LogP contribution >= 0.6 is 11.6 Å². The third kappa shape index (κ3) is 2.84. The number of hydrogen-bond acceptors (Lipinski definition) is 5. The van der Waals surface area contributed by atoms with Gasteiger partial charge < -0.3 is 14.7 Å². The van der Waals surface area contributed by atoms with E-state index in [4.69, 9.17) is 16.6 Å². The van der Waals surface area contributed by atoms with Gasteiger partial charge in [0.2, 0.25) is 5.96 Å². The minimum absolute atomic E-state index is 0.207. The van der Waals surface area contributed by atoms with Crippen LogP contribution in [0.4, 0.5) is 10.5 Å². The van der Waals surface area contributed by atoms with Gasteiger partial charge in [-0.3, -0.25) is 9.69 Å². The Morgan fingerprint density at radius 3 is 2.48 bits per heavy atom. The number of hydrogen-bond donors (Lipinski definition) is 0. The summed E-state index contributed by atoms with van der Waals surface area (Å²) in [5.74, 6) is 0.550. The summed E-state index contributed by atoms with van der Waals surface area (Å²) < 4.78 is 0. The molecule has 2 atom stereocenters. The summed E-state index contributed by atoms with van der Waals surface area (Å²) in [6, 6.07) is 16.3. The predicted molar refractivity (Wildman–Crippen MR) is 111 cm³/mol. The average Bonchev–Trinajstić information content (AvgIpc) is 3.31. The van der Waals surface area contributed by atoms with Gasteiger partial charge >= 0.3 is 6.03 Å². The second-order valence-electron chi connectivity index (χ2n) is 7.41. The van der Waals surface area contributed by atoms with Crippen LogP contribution in [0.25, 0.3) is 0 Å². The summed E-state index contributed by atoms with van der Waals surface area (Å²) in [4.78, 5) is 38.0. The highest BCUT2D eigenvalue weighted by Crippen LogP contribution is 2.33. The number of nitrogens with zero attached hydrogens (tertiary/aromatic N) is 5. The summed E-state index contributed by atoms with van der Waals surface area (Å²) in [6.45, 7) is 1.67. The number of carbonyl (C=O) groups is 2. The van der Waals surface area contributed by atoms with E-state index in [2.05, 4.69) is 4.90 Å². The molecule has 2 fully saturated rings. The quantitative estimate of drug-likeness (QED) is 0.782. The number of guanidine groups is 1. The maximum absolute atomic E-state index is 13.3. The number of carbonyl (C=O) groups excluding carboxylic acids is 2. The van der Waals surface area contributed by atoms with Crippen LogP contribution in [-0.2, 0) is 11.3 Å². The maximum atomic E-state index is 13.3. The Morgan fingerprint density at radius 2 is 1.76 bits per heavy atom. The van der Waals surface area contributed by atoms with Crippen molar-refractivity contribution in [3.05, 3.63) is 65.2 Å². The third-order valence-corrected chi connectivity index (χ3v) is 5.95. The molecule has 2 aromatic carbocycles. The summed E-state index contributed by atoms with van der Waals surface area (Å²) >= 11 is 5.95. The number of fused-ring (bicyclic) bond motifs is 3. The number of likely N-dealkylation sites (N-methyl/N-ethyl adjacent to an activating group) is 1. The van der Waals surface area contributed by atoms with Crippen molar-refractivity contribution in [2.75, 3.05) is 25.0 Å². The van der Waals surface area contributed by atoms with E-state index >= 15 is 0 Å². The number of para-hydroxylation sites is 1. The molecule has 29 heavy (non-hydrogen) atoms. The number of urea groups is 1. The van der Waals surface area contributed by atoms with Crippen LogP contribution in [0, 0.1) is 0 Å². The highest BCUT2D eigenvalue weighted by atomic mass is 35.5. The largest absolute Gasteiger partial charge is 0.328 e. The fourth-order valence-corrected chi connectivity index (χ4v) is 4.33. The van der Waals surface area contributed by atoms with E-state index < -0.39 is 12.2 Å². The molecule has 0 saturated carbocycles. The first kappa shape index (κ1) is 18.0. The van der Waals surface area contributed by atoms with Crippen LogP contribution in [0.2, 0.25) is 5.02 Å². The minimum atomic E-state index is -0.502. The van der Waals surface area contributed by atoms with E-state index in [1.54, 1.807) is 24.1 Å². The molecular weight excluding hydrogens is 390 g/mol. The number of anilines is 1. The first-order valence-electron chi connectivity index (χ1n) is 9.54. The van der Waals surface area contributed by atoms with Crippen molar-refractivity contribution < 1.29 is 9.59 Å². The SMILES string of the molecule is CN1C(=O)N(Cc2ccc(Cl)cc2)C(=O)C2C1N=C1N(c3ccccc3)CCN12. The monoisotopic (exact) mass is 409 g/mol. The van der Waals surface area contributed by atoms with Crippen molar-refractivity contribution >= 4 is 35.2 Å². The zero-order chi connectivity index (χ0) is 20.1. The smallest absolute Gasteiger partial charge is 0.325 e. The van der Waals surface area contributed by atoms with E-state index in [-0.39, 0.29) is 18.5 Å². The topological polar surface area (TPSA) is 59.5 Å². The second kappa shape index (κ2) is 6.77. The van der Waals surface area contributed by atoms with Crippen LogP contribution < -0.4 is 4.90 Å². The molecule has 0 aromatic heterocycles. The van der Waals surface area contributed by atoms with Gasteiger partial charge in [-0.15, -0.1) is 0 Å². The van der Waals surface area contributed by atoms with Crippen molar-refractivity contribution in [1.29, 1.82) is 0 Å². The lowest BCUT2D eigenvalue weighted by Crippen LogP contribution is -2.64. The Balaban J connectivity index is 1.43. The average molecular weight is 410 g/mol. The van der Waals surface area contributed by atoms with Gasteiger partial charge in [0.05, 0.1) is 6.54 Å². The Bertz CT molecular complexity index is 994. The summed E-state index contributed by atoms with van der Waals surface area (Å²) in [5, 5.41) is 0.620. The van der Waals surface area contributed by atoms with Crippen molar-refractivity contribution in [2.24, 2.45) is 4.99 Å². The first-order valence-corrected chi connectivity index (χ1v) is 9.92. The van der Waals surface area contributed by atoms with Crippen molar-refractivity contribution in [3.8, 4) is 0 Å². The summed E-state index contributed by atoms with van der Waals surface area (Å²) in [6.07, 6.45) is -0.502. The molecule has 0 N–H and O–H groups in total. The normalized spacial score (nSPS) is 23.4. The first-order chi connectivity index (χ1) is 14.0. The molecule has 0 radical (unpaired) electrons. The van der Waals surface area contributed by atoms with Crippen LogP contribution in [0.3, 0.4) is 0 Å². The molecule has 2 unspecified atom stereocenters. The maximum Gasteiger partial charge on any atom is 0.328 e. The molecule has 3 amide bonds. The van der Waals surface area contributed by atoms with E-state index in [0.29, 0.717) is 11.6 Å². The van der Waals surface area contributed by atoms with Crippen molar-refractivity contribution in [2.45, 2.75) is 18.8 Å². The van der Waals surface area contributed by atoms with Gasteiger partial charge in [-0.2, -0.15) is 0 Å². The summed E-state index contributed by atoms with van der Waals surface area (Å²) in [7, 11) is 1.71. The second-order valence-corrected chi connectivity index (χ2v) is 7.85. The molecular formula is C21H20ClN5O2. The molecule has 3 aliphatic heterocycles. The molecule has 0 spiro atoms. The number of amides is 3. The molecule has 7 nitrogen and oxygen atoms in total. The van der Waals surface area contributed by atoms with Crippen LogP contribution in [0.15, 0.2) is 59.6 Å². The predicted octanol–water partition coefficient (Wildman–Crippen LogP) is 2.62. The number of imide groups is 1. The van der Waals surface area contributed by atoms with E-state index in [1.165, 1.54) is 4.90 Å². The lowest BCUT2D eigenvalue weighted by molar-refractivity contribution is -0.137. The molecule has 2 aromatic rings. The van der Waals surface area contributed by atoms with Crippen LogP contribution in [-0.4, -0.2) is 64.9 Å². The molecule has 3 heterocycles. The summed E-state index contributed by atoms with van der Waals surface area (Å²) in [5.41, 5.74) is 1.89. The van der Waals surface area contributed by atoms with E-state index in [1.807, 2.05) is 47.4 Å². The Kier molecular flexibility index (Phi) is 4.20. The number of benzene rings is 2. The fourth-order valence-electron chi connectivity index (χ4n) is 4.21. The number of rotatable bonds is 3. The minimum Gasteiger partial charge on any atom is -0.325 e. The standard InChI is InChI=1S/C21H20ClN5O2/c1-24-18-17(19(28)27(21(24)29)13-14-7-9-15(22)10-8-14)26-12-11-25(20(26)23-18)16-5-3-2-4-6-16/h2-10,17-18H,11-13H2,1H3. The zero-order valence-corrected chi connectivity index (χ0v) is 16.7. The lowest BCUT2D eigenvalue weighted by Gasteiger charge is -2.40. The van der Waals surface area contributed by atoms with Gasteiger partial charge in [0, 0.05) is 30.8 Å². The van der Waals surface area contributed by atoms with Gasteiger partial charge in [0.1, 0.15) is 0 Å². The van der Waals surface area contributed by atoms with Gasteiger partial charge in [0.15, 0.2) is 12.2 Å². The molecule has 0 bridgehead atoms. The highest BCUT2D eigenvalue weighted by molar-refractivity contribution is 6.30. The van der Waals surface area contributed by atoms with E-state index in [0.717, 1.165) is 23.8 Å². The van der Waals surface area contributed by atoms with Crippen molar-refractivity contribution in [3.63, 3.8) is 0 Å². The number of aliphatic imine (C=N–C) groups is 1. The Hall–Kier alpha value is -3.06. The lowest BCUT2D eigenvalue weighted by atomic mass is 10.1. The highest BCUT2D eigenvalue weighted by Gasteiger charge is 2.54. The third-order valence-electron chi connectivity index (χ3n) is 5.70. The molecule has 3 aliphatic rings. The van der Waals surface area contributed by atoms with Gasteiger partial charge in [-0.05, 0) is 29.8 Å². The Morgan fingerprint density at radius 1 is 1.03 bits per heavy atom. The van der Waals surface area contributed by atoms with Crippen LogP contribution in [0.1, 0.15) is 5.56 Å². The number of halogens is 1. The zero-order valence-electron chi connectivity index (χ0n) is 15.9. The molecule has 8 heteroatoms. The fraction of sp³-hybridized carbons (Fsp3) is 0.286. The van der Waals surface area contributed by atoms with Crippen LogP contribution in [0.5, 0.6) is 0 Å². The van der Waals surface area contributed by atoms with E-state index in [9.17, 15) is 9.59 Å².